The highest BCUT2D eigenvalue weighted by atomic mass is 28.4. The van der Waals surface area contributed by atoms with Gasteiger partial charge in [-0.1, -0.05) is 51.1 Å². The summed E-state index contributed by atoms with van der Waals surface area (Å²) in [7, 11) is -2.04. The summed E-state index contributed by atoms with van der Waals surface area (Å²) in [4.78, 5) is 12.8. The Hall–Kier alpha value is -1.81. The SMILES string of the molecule is CCOC(=O)C1=C(\O[Si](C)(C)C(C)(C)C)CCCC/C(c2ccccc2)=C\1. The van der Waals surface area contributed by atoms with Crippen LogP contribution >= 0.6 is 0 Å². The quantitative estimate of drug-likeness (QED) is 0.429. The van der Waals surface area contributed by atoms with Crippen LogP contribution in [0.25, 0.3) is 5.57 Å². The van der Waals surface area contributed by atoms with Gasteiger partial charge in [-0.3, -0.25) is 0 Å². The summed E-state index contributed by atoms with van der Waals surface area (Å²) < 4.78 is 12.0. The minimum Gasteiger partial charge on any atom is -0.546 e. The van der Waals surface area contributed by atoms with Gasteiger partial charge in [0.05, 0.1) is 17.9 Å². The van der Waals surface area contributed by atoms with Crippen LogP contribution < -0.4 is 0 Å². The smallest absolute Gasteiger partial charge is 0.341 e. The van der Waals surface area contributed by atoms with Gasteiger partial charge in [0, 0.05) is 6.42 Å². The highest BCUT2D eigenvalue weighted by molar-refractivity contribution is 6.74. The van der Waals surface area contributed by atoms with Gasteiger partial charge in [-0.2, -0.15) is 0 Å². The van der Waals surface area contributed by atoms with E-state index in [4.69, 9.17) is 9.16 Å². The number of ether oxygens (including phenoxy) is 1. The molecule has 0 saturated carbocycles. The van der Waals surface area contributed by atoms with Crippen LogP contribution in [0.1, 0.15) is 58.9 Å². The Labute approximate surface area is 165 Å². The van der Waals surface area contributed by atoms with E-state index in [-0.39, 0.29) is 11.0 Å². The van der Waals surface area contributed by atoms with E-state index in [1.54, 1.807) is 0 Å². The third kappa shape index (κ3) is 5.58. The molecule has 1 aromatic carbocycles. The molecule has 0 fully saturated rings. The standard InChI is InChI=1S/C23H34O3Si/c1-7-25-22(24)20-17-19(18-13-9-8-10-14-18)15-11-12-16-21(20)26-27(5,6)23(2,3)4/h8-10,13-14,17H,7,11-12,15-16H2,1-6H3/b19-17+,21-20-. The monoisotopic (exact) mass is 386 g/mol. The van der Waals surface area contributed by atoms with Crippen LogP contribution in [0.4, 0.5) is 0 Å². The summed E-state index contributed by atoms with van der Waals surface area (Å²) >= 11 is 0. The van der Waals surface area contributed by atoms with Crippen molar-refractivity contribution in [2.45, 2.75) is 71.5 Å². The normalized spacial score (nSPS) is 20.9. The number of allylic oxidation sites excluding steroid dienone is 2. The van der Waals surface area contributed by atoms with Crippen molar-refractivity contribution in [2.75, 3.05) is 6.61 Å². The van der Waals surface area contributed by atoms with Crippen molar-refractivity contribution in [3.63, 3.8) is 0 Å². The van der Waals surface area contributed by atoms with E-state index in [1.807, 2.05) is 31.2 Å². The van der Waals surface area contributed by atoms with Gasteiger partial charge in [0.1, 0.15) is 0 Å². The van der Waals surface area contributed by atoms with Crippen LogP contribution in [0.3, 0.4) is 0 Å². The molecule has 1 aliphatic rings. The number of esters is 1. The molecule has 27 heavy (non-hydrogen) atoms. The number of carbonyl (C=O) groups excluding carboxylic acids is 1. The van der Waals surface area contributed by atoms with Gasteiger partial charge in [-0.25, -0.2) is 4.79 Å². The Morgan fingerprint density at radius 3 is 2.30 bits per heavy atom. The molecule has 1 aromatic rings. The van der Waals surface area contributed by atoms with E-state index >= 15 is 0 Å². The predicted molar refractivity (Wildman–Crippen MR) is 115 cm³/mol. The summed E-state index contributed by atoms with van der Waals surface area (Å²) in [6.07, 6.45) is 5.85. The lowest BCUT2D eigenvalue weighted by Gasteiger charge is -2.38. The Bertz CT molecular complexity index is 709. The highest BCUT2D eigenvalue weighted by Gasteiger charge is 2.40. The fourth-order valence-electron chi connectivity index (χ4n) is 2.89. The fraction of sp³-hybridized carbons (Fsp3) is 0.522. The second kappa shape index (κ2) is 8.92. The zero-order chi connectivity index (χ0) is 20.1. The second-order valence-electron chi connectivity index (χ2n) is 8.66. The first kappa shape index (κ1) is 21.5. The number of hydrogen-bond donors (Lipinski definition) is 0. The first-order valence-electron chi connectivity index (χ1n) is 10.0. The zero-order valence-electron chi connectivity index (χ0n) is 17.7. The van der Waals surface area contributed by atoms with E-state index in [0.29, 0.717) is 12.2 Å². The molecular formula is C23H34O3Si. The Morgan fingerprint density at radius 2 is 1.70 bits per heavy atom. The third-order valence-corrected chi connectivity index (χ3v) is 9.91. The molecule has 0 atom stereocenters. The molecule has 0 heterocycles. The van der Waals surface area contributed by atoms with Crippen molar-refractivity contribution in [1.29, 1.82) is 0 Å². The molecule has 2 rings (SSSR count). The topological polar surface area (TPSA) is 35.5 Å². The molecule has 0 saturated heterocycles. The van der Waals surface area contributed by atoms with Crippen LogP contribution in [0.5, 0.6) is 0 Å². The van der Waals surface area contributed by atoms with Crippen molar-refractivity contribution < 1.29 is 14.0 Å². The van der Waals surface area contributed by atoms with Crippen LogP contribution in [0.15, 0.2) is 47.7 Å². The van der Waals surface area contributed by atoms with Gasteiger partial charge < -0.3 is 9.16 Å². The Kier molecular flexibility index (Phi) is 7.10. The maximum absolute atomic E-state index is 12.8. The zero-order valence-corrected chi connectivity index (χ0v) is 18.7. The molecule has 0 radical (unpaired) electrons. The van der Waals surface area contributed by atoms with Gasteiger partial charge in [-0.05, 0) is 61.5 Å². The summed E-state index contributed by atoms with van der Waals surface area (Å²) in [6.45, 7) is 13.3. The average Bonchev–Trinajstić information content (AvgIpc) is 2.57. The number of benzene rings is 1. The first-order chi connectivity index (χ1) is 12.7. The van der Waals surface area contributed by atoms with Gasteiger partial charge in [0.25, 0.3) is 0 Å². The molecule has 0 spiro atoms. The molecular weight excluding hydrogens is 352 g/mol. The molecule has 148 valence electrons. The summed E-state index contributed by atoms with van der Waals surface area (Å²) in [6, 6.07) is 10.3. The van der Waals surface area contributed by atoms with Crippen LogP contribution in [0.2, 0.25) is 18.1 Å². The molecule has 0 unspecified atom stereocenters. The molecule has 0 aromatic heterocycles. The molecule has 0 N–H and O–H groups in total. The highest BCUT2D eigenvalue weighted by Crippen LogP contribution is 2.40. The second-order valence-corrected chi connectivity index (χ2v) is 13.4. The average molecular weight is 387 g/mol. The van der Waals surface area contributed by atoms with Crippen molar-refractivity contribution in [3.05, 3.63) is 53.3 Å². The minimum absolute atomic E-state index is 0.0775. The fourth-order valence-corrected chi connectivity index (χ4v) is 4.03. The summed E-state index contributed by atoms with van der Waals surface area (Å²) in [5, 5.41) is 0.0775. The van der Waals surface area contributed by atoms with E-state index in [2.05, 4.69) is 46.0 Å². The largest absolute Gasteiger partial charge is 0.546 e. The van der Waals surface area contributed by atoms with Gasteiger partial charge in [0.15, 0.2) is 0 Å². The Morgan fingerprint density at radius 1 is 1.07 bits per heavy atom. The van der Waals surface area contributed by atoms with E-state index in [1.165, 1.54) is 5.57 Å². The van der Waals surface area contributed by atoms with Crippen LogP contribution in [-0.2, 0) is 14.0 Å². The molecule has 1 aliphatic carbocycles. The van der Waals surface area contributed by atoms with E-state index in [9.17, 15) is 4.79 Å². The lowest BCUT2D eigenvalue weighted by molar-refractivity contribution is -0.138. The lowest BCUT2D eigenvalue weighted by Crippen LogP contribution is -2.41. The van der Waals surface area contributed by atoms with Gasteiger partial charge >= 0.3 is 5.97 Å². The van der Waals surface area contributed by atoms with E-state index < -0.39 is 8.32 Å². The predicted octanol–water partition coefficient (Wildman–Crippen LogP) is 6.48. The molecule has 0 amide bonds. The van der Waals surface area contributed by atoms with Crippen LogP contribution in [0, 0.1) is 0 Å². The maximum atomic E-state index is 12.8. The maximum Gasteiger partial charge on any atom is 0.341 e. The lowest BCUT2D eigenvalue weighted by atomic mass is 9.94. The minimum atomic E-state index is -2.04. The number of carbonyl (C=O) groups is 1. The molecule has 4 heteroatoms. The summed E-state index contributed by atoms with van der Waals surface area (Å²) in [5.41, 5.74) is 2.93. The van der Waals surface area contributed by atoms with Crippen molar-refractivity contribution in [3.8, 4) is 0 Å². The summed E-state index contributed by atoms with van der Waals surface area (Å²) in [5.74, 6) is 0.537. The number of hydrogen-bond acceptors (Lipinski definition) is 3. The van der Waals surface area contributed by atoms with Crippen molar-refractivity contribution >= 4 is 19.9 Å². The van der Waals surface area contributed by atoms with Crippen LogP contribution in [-0.4, -0.2) is 20.9 Å². The first-order valence-corrected chi connectivity index (χ1v) is 12.9. The molecule has 0 aliphatic heterocycles. The molecule has 0 bridgehead atoms. The number of rotatable bonds is 5. The van der Waals surface area contributed by atoms with Crippen molar-refractivity contribution in [2.24, 2.45) is 0 Å². The third-order valence-electron chi connectivity index (χ3n) is 5.54. The van der Waals surface area contributed by atoms with Crippen molar-refractivity contribution in [1.82, 2.24) is 0 Å². The molecule has 3 nitrogen and oxygen atoms in total. The van der Waals surface area contributed by atoms with Gasteiger partial charge in [-0.15, -0.1) is 0 Å². The van der Waals surface area contributed by atoms with E-state index in [0.717, 1.165) is 37.0 Å². The Balaban J connectivity index is 2.54. The van der Waals surface area contributed by atoms with Gasteiger partial charge in [0.2, 0.25) is 8.32 Å².